The van der Waals surface area contributed by atoms with Gasteiger partial charge in [0, 0.05) is 12.1 Å². The van der Waals surface area contributed by atoms with Crippen LogP contribution in [0.3, 0.4) is 0 Å². The van der Waals surface area contributed by atoms with Crippen LogP contribution >= 0.6 is 11.6 Å². The quantitative estimate of drug-likeness (QED) is 0.680. The summed E-state index contributed by atoms with van der Waals surface area (Å²) in [4.78, 5) is 21.0. The zero-order valence-electron chi connectivity index (χ0n) is 10.9. The number of carboxylic acid groups (broad SMARTS) is 1. The van der Waals surface area contributed by atoms with Crippen LogP contribution in [0.1, 0.15) is 15.9 Å². The number of aryl methyl sites for hydroxylation is 1. The number of nitro groups is 1. The molecular weight excluding hydrogens is 298 g/mol. The van der Waals surface area contributed by atoms with E-state index < -0.39 is 10.9 Å². The number of benzene rings is 2. The smallest absolute Gasteiger partial charge is 0.335 e. The summed E-state index contributed by atoms with van der Waals surface area (Å²) in [5.41, 5.74) is 0.583. The second-order valence-corrected chi connectivity index (χ2v) is 4.66. The highest BCUT2D eigenvalue weighted by Crippen LogP contribution is 2.32. The summed E-state index contributed by atoms with van der Waals surface area (Å²) < 4.78 is 5.51. The maximum atomic E-state index is 10.9. The van der Waals surface area contributed by atoms with Gasteiger partial charge in [-0.1, -0.05) is 11.6 Å². The second-order valence-electron chi connectivity index (χ2n) is 4.26. The van der Waals surface area contributed by atoms with Gasteiger partial charge in [-0.2, -0.15) is 0 Å². The molecule has 0 unspecified atom stereocenters. The predicted octanol–water partition coefficient (Wildman–Crippen LogP) is 4.05. The van der Waals surface area contributed by atoms with E-state index in [1.165, 1.54) is 30.3 Å². The Kier molecular flexibility index (Phi) is 4.09. The molecule has 0 fully saturated rings. The Bertz CT molecular complexity index is 729. The molecule has 2 aromatic carbocycles. The first-order valence-corrected chi connectivity index (χ1v) is 6.22. The van der Waals surface area contributed by atoms with E-state index in [0.717, 1.165) is 0 Å². The average Bonchev–Trinajstić information content (AvgIpc) is 2.40. The van der Waals surface area contributed by atoms with E-state index in [1.807, 2.05) is 0 Å². The minimum absolute atomic E-state index is 0.101. The fourth-order valence-corrected chi connectivity index (χ4v) is 1.97. The number of nitro benzene ring substituents is 1. The van der Waals surface area contributed by atoms with Gasteiger partial charge >= 0.3 is 5.97 Å². The predicted molar refractivity (Wildman–Crippen MR) is 76.3 cm³/mol. The van der Waals surface area contributed by atoms with Crippen molar-refractivity contribution in [3.63, 3.8) is 0 Å². The van der Waals surface area contributed by atoms with E-state index in [-0.39, 0.29) is 22.0 Å². The molecule has 2 rings (SSSR count). The largest absolute Gasteiger partial charge is 0.478 e. The van der Waals surface area contributed by atoms with Gasteiger partial charge in [0.15, 0.2) is 0 Å². The van der Waals surface area contributed by atoms with Crippen molar-refractivity contribution in [2.24, 2.45) is 0 Å². The van der Waals surface area contributed by atoms with Crippen molar-refractivity contribution >= 4 is 23.3 Å². The fourth-order valence-electron chi connectivity index (χ4n) is 1.75. The van der Waals surface area contributed by atoms with E-state index >= 15 is 0 Å². The first kappa shape index (κ1) is 14.8. The number of non-ortho nitro benzene ring substituents is 1. The van der Waals surface area contributed by atoms with Crippen molar-refractivity contribution in [2.45, 2.75) is 6.92 Å². The minimum Gasteiger partial charge on any atom is -0.478 e. The third kappa shape index (κ3) is 3.29. The first-order chi connectivity index (χ1) is 9.88. The van der Waals surface area contributed by atoms with Crippen LogP contribution in [-0.2, 0) is 0 Å². The Morgan fingerprint density at radius 3 is 2.52 bits per heavy atom. The number of halogens is 1. The van der Waals surface area contributed by atoms with Crippen molar-refractivity contribution in [3.05, 3.63) is 62.7 Å². The SMILES string of the molecule is Cc1cc(Oc2ccc([N+](=O)[O-])cc2Cl)ccc1C(=O)O. The maximum Gasteiger partial charge on any atom is 0.335 e. The molecule has 6 nitrogen and oxygen atoms in total. The van der Waals surface area contributed by atoms with E-state index in [0.29, 0.717) is 11.3 Å². The van der Waals surface area contributed by atoms with Gasteiger partial charge in [0.2, 0.25) is 0 Å². The molecule has 0 aromatic heterocycles. The number of nitrogens with zero attached hydrogens (tertiary/aromatic N) is 1. The molecular formula is C14H10ClNO5. The molecule has 0 amide bonds. The topological polar surface area (TPSA) is 89.7 Å². The highest BCUT2D eigenvalue weighted by atomic mass is 35.5. The minimum atomic E-state index is -1.02. The number of ether oxygens (including phenoxy) is 1. The number of carboxylic acids is 1. The molecule has 0 aliphatic heterocycles. The summed E-state index contributed by atoms with van der Waals surface area (Å²) in [6, 6.07) is 8.33. The molecule has 0 aliphatic carbocycles. The Labute approximate surface area is 124 Å². The van der Waals surface area contributed by atoms with Crippen LogP contribution in [0.2, 0.25) is 5.02 Å². The Hall–Kier alpha value is -2.60. The van der Waals surface area contributed by atoms with Crippen LogP contribution < -0.4 is 4.74 Å². The number of hydrogen-bond donors (Lipinski definition) is 1. The normalized spacial score (nSPS) is 10.2. The molecule has 0 heterocycles. The van der Waals surface area contributed by atoms with Gasteiger partial charge in [-0.25, -0.2) is 4.79 Å². The van der Waals surface area contributed by atoms with Gasteiger partial charge in [-0.05, 0) is 36.8 Å². The van der Waals surface area contributed by atoms with Crippen LogP contribution in [0, 0.1) is 17.0 Å². The molecule has 0 saturated heterocycles. The van der Waals surface area contributed by atoms with E-state index in [2.05, 4.69) is 0 Å². The second kappa shape index (κ2) is 5.80. The lowest BCUT2D eigenvalue weighted by Crippen LogP contribution is -1.99. The van der Waals surface area contributed by atoms with Crippen LogP contribution in [0.5, 0.6) is 11.5 Å². The molecule has 108 valence electrons. The highest BCUT2D eigenvalue weighted by molar-refractivity contribution is 6.32. The van der Waals surface area contributed by atoms with Crippen LogP contribution in [-0.4, -0.2) is 16.0 Å². The number of hydrogen-bond acceptors (Lipinski definition) is 4. The third-order valence-electron chi connectivity index (χ3n) is 2.78. The molecule has 0 aliphatic rings. The van der Waals surface area contributed by atoms with Crippen molar-refractivity contribution in [3.8, 4) is 11.5 Å². The summed E-state index contributed by atoms with van der Waals surface area (Å²) in [7, 11) is 0. The zero-order valence-corrected chi connectivity index (χ0v) is 11.6. The number of aromatic carboxylic acids is 1. The Balaban J connectivity index is 2.28. The van der Waals surface area contributed by atoms with Crippen LogP contribution in [0.4, 0.5) is 5.69 Å². The lowest BCUT2D eigenvalue weighted by molar-refractivity contribution is -0.384. The summed E-state index contributed by atoms with van der Waals surface area (Å²) in [5, 5.41) is 19.7. The van der Waals surface area contributed by atoms with Gasteiger partial charge < -0.3 is 9.84 Å². The highest BCUT2D eigenvalue weighted by Gasteiger charge is 2.12. The first-order valence-electron chi connectivity index (χ1n) is 5.84. The fraction of sp³-hybridized carbons (Fsp3) is 0.0714. The molecule has 0 saturated carbocycles. The van der Waals surface area contributed by atoms with Crippen LogP contribution in [0.25, 0.3) is 0 Å². The lowest BCUT2D eigenvalue weighted by atomic mass is 10.1. The summed E-state index contributed by atoms with van der Waals surface area (Å²) >= 11 is 5.92. The summed E-state index contributed by atoms with van der Waals surface area (Å²) in [5.74, 6) is -0.370. The summed E-state index contributed by atoms with van der Waals surface area (Å²) in [6.45, 7) is 1.65. The molecule has 0 spiro atoms. The van der Waals surface area contributed by atoms with Gasteiger partial charge in [-0.3, -0.25) is 10.1 Å². The molecule has 2 aromatic rings. The van der Waals surface area contributed by atoms with E-state index in [1.54, 1.807) is 13.0 Å². The van der Waals surface area contributed by atoms with Gasteiger partial charge in [0.25, 0.3) is 5.69 Å². The van der Waals surface area contributed by atoms with Crippen molar-refractivity contribution < 1.29 is 19.6 Å². The monoisotopic (exact) mass is 307 g/mol. The molecule has 0 radical (unpaired) electrons. The standard InChI is InChI=1S/C14H10ClNO5/c1-8-6-10(3-4-11(8)14(17)18)21-13-5-2-9(16(19)20)7-12(13)15/h2-7H,1H3,(H,17,18). The Morgan fingerprint density at radius 2 is 2.00 bits per heavy atom. The van der Waals surface area contributed by atoms with Gasteiger partial charge in [0.05, 0.1) is 15.5 Å². The number of rotatable bonds is 4. The average molecular weight is 308 g/mol. The third-order valence-corrected chi connectivity index (χ3v) is 3.08. The van der Waals surface area contributed by atoms with Crippen molar-refractivity contribution in [2.75, 3.05) is 0 Å². The van der Waals surface area contributed by atoms with Crippen LogP contribution in [0.15, 0.2) is 36.4 Å². The maximum absolute atomic E-state index is 10.9. The van der Waals surface area contributed by atoms with Gasteiger partial charge in [-0.15, -0.1) is 0 Å². The molecule has 0 bridgehead atoms. The van der Waals surface area contributed by atoms with E-state index in [9.17, 15) is 14.9 Å². The summed E-state index contributed by atoms with van der Waals surface area (Å²) in [6.07, 6.45) is 0. The molecule has 0 atom stereocenters. The number of carbonyl (C=O) groups is 1. The van der Waals surface area contributed by atoms with Gasteiger partial charge in [0.1, 0.15) is 11.5 Å². The molecule has 7 heteroatoms. The molecule has 21 heavy (non-hydrogen) atoms. The Morgan fingerprint density at radius 1 is 1.29 bits per heavy atom. The van der Waals surface area contributed by atoms with E-state index in [4.69, 9.17) is 21.4 Å². The van der Waals surface area contributed by atoms with Crippen molar-refractivity contribution in [1.82, 2.24) is 0 Å². The molecule has 1 N–H and O–H groups in total. The zero-order chi connectivity index (χ0) is 15.6. The lowest BCUT2D eigenvalue weighted by Gasteiger charge is -2.09. The van der Waals surface area contributed by atoms with Crippen molar-refractivity contribution in [1.29, 1.82) is 0 Å².